The lowest BCUT2D eigenvalue weighted by Crippen LogP contribution is -2.35. The minimum atomic E-state index is 0.0312. The minimum absolute atomic E-state index is 0.0312. The highest BCUT2D eigenvalue weighted by Gasteiger charge is 2.12. The molecule has 0 aliphatic heterocycles. The predicted molar refractivity (Wildman–Crippen MR) is 81.0 cm³/mol. The van der Waals surface area contributed by atoms with Crippen LogP contribution in [-0.2, 0) is 6.54 Å². The quantitative estimate of drug-likeness (QED) is 0.873. The summed E-state index contributed by atoms with van der Waals surface area (Å²) in [6, 6.07) is 2.43. The number of halogens is 2. The van der Waals surface area contributed by atoms with Gasteiger partial charge in [0.25, 0.3) is 5.56 Å². The van der Waals surface area contributed by atoms with Gasteiger partial charge in [0.05, 0.1) is 4.47 Å². The van der Waals surface area contributed by atoms with Gasteiger partial charge in [-0.3, -0.25) is 4.79 Å². The van der Waals surface area contributed by atoms with E-state index < -0.39 is 0 Å². The highest BCUT2D eigenvalue weighted by atomic mass is 79.9. The normalized spacial score (nSPS) is 17.0. The molecule has 0 atom stereocenters. The first kappa shape index (κ1) is 14.3. The lowest BCUT2D eigenvalue weighted by molar-refractivity contribution is 0.367. The summed E-state index contributed by atoms with van der Waals surface area (Å²) in [5, 5.41) is 3.55. The van der Waals surface area contributed by atoms with Crippen molar-refractivity contribution in [2.45, 2.75) is 44.7 Å². The van der Waals surface area contributed by atoms with E-state index in [0.717, 1.165) is 11.0 Å². The van der Waals surface area contributed by atoms with E-state index in [9.17, 15) is 4.79 Å². The molecular formula is C13H18Br2N2O. The van der Waals surface area contributed by atoms with Gasteiger partial charge in [0.2, 0.25) is 0 Å². The van der Waals surface area contributed by atoms with Gasteiger partial charge < -0.3 is 9.88 Å². The molecule has 0 unspecified atom stereocenters. The first-order chi connectivity index (χ1) is 8.66. The fraction of sp³-hybridized carbons (Fsp3) is 0.615. The fourth-order valence-electron chi connectivity index (χ4n) is 2.43. The predicted octanol–water partition coefficient (Wildman–Crippen LogP) is 3.30. The monoisotopic (exact) mass is 376 g/mol. The molecule has 1 heterocycles. The third-order valence-corrected chi connectivity index (χ3v) is 4.40. The molecule has 0 bridgehead atoms. The van der Waals surface area contributed by atoms with Gasteiger partial charge in [0.15, 0.2) is 0 Å². The molecule has 0 radical (unpaired) electrons. The molecule has 0 saturated heterocycles. The Balaban J connectivity index is 1.88. The highest BCUT2D eigenvalue weighted by Crippen LogP contribution is 2.17. The zero-order valence-corrected chi connectivity index (χ0v) is 13.5. The molecule has 18 heavy (non-hydrogen) atoms. The Hall–Kier alpha value is -0.130. The van der Waals surface area contributed by atoms with Crippen LogP contribution < -0.4 is 10.9 Å². The number of aromatic nitrogens is 1. The smallest absolute Gasteiger partial charge is 0.264 e. The largest absolute Gasteiger partial charge is 0.312 e. The summed E-state index contributed by atoms with van der Waals surface area (Å²) in [6.07, 6.45) is 8.43. The van der Waals surface area contributed by atoms with Crippen molar-refractivity contribution in [3.63, 3.8) is 0 Å². The molecule has 1 aromatic heterocycles. The summed E-state index contributed by atoms with van der Waals surface area (Å²) in [4.78, 5) is 11.9. The van der Waals surface area contributed by atoms with Crippen LogP contribution in [0.2, 0.25) is 0 Å². The van der Waals surface area contributed by atoms with Crippen LogP contribution in [0.25, 0.3) is 0 Å². The molecule has 1 aromatic rings. The Labute approximate surface area is 124 Å². The van der Waals surface area contributed by atoms with E-state index in [4.69, 9.17) is 0 Å². The SMILES string of the molecule is O=c1c(Br)cc(Br)cn1CCNC1CCCCC1. The van der Waals surface area contributed by atoms with Crippen molar-refractivity contribution >= 4 is 31.9 Å². The molecule has 0 amide bonds. The van der Waals surface area contributed by atoms with Crippen molar-refractivity contribution in [1.82, 2.24) is 9.88 Å². The van der Waals surface area contributed by atoms with Gasteiger partial charge in [-0.1, -0.05) is 19.3 Å². The van der Waals surface area contributed by atoms with Gasteiger partial charge in [-0.05, 0) is 50.8 Å². The van der Waals surface area contributed by atoms with Crippen LogP contribution in [0.4, 0.5) is 0 Å². The first-order valence-corrected chi connectivity index (χ1v) is 8.04. The Morgan fingerprint density at radius 1 is 1.28 bits per heavy atom. The van der Waals surface area contributed by atoms with Crippen LogP contribution in [0, 0.1) is 0 Å². The van der Waals surface area contributed by atoms with Crippen LogP contribution in [0.1, 0.15) is 32.1 Å². The van der Waals surface area contributed by atoms with Crippen LogP contribution in [0.15, 0.2) is 26.0 Å². The third kappa shape index (κ3) is 3.93. The van der Waals surface area contributed by atoms with Crippen LogP contribution in [0.3, 0.4) is 0 Å². The minimum Gasteiger partial charge on any atom is -0.312 e. The maximum atomic E-state index is 11.9. The molecule has 0 aromatic carbocycles. The van der Waals surface area contributed by atoms with Crippen LogP contribution in [0.5, 0.6) is 0 Å². The standard InChI is InChI=1S/C13H18Br2N2O/c14-10-8-12(15)13(18)17(9-10)7-6-16-11-4-2-1-3-5-11/h8-9,11,16H,1-7H2. The number of nitrogens with zero attached hydrogens (tertiary/aromatic N) is 1. The molecule has 1 aliphatic rings. The van der Waals surface area contributed by atoms with E-state index in [1.807, 2.05) is 6.20 Å². The zero-order valence-electron chi connectivity index (χ0n) is 10.3. The van der Waals surface area contributed by atoms with Crippen molar-refractivity contribution in [1.29, 1.82) is 0 Å². The van der Waals surface area contributed by atoms with Gasteiger partial charge >= 0.3 is 0 Å². The van der Waals surface area contributed by atoms with E-state index in [2.05, 4.69) is 37.2 Å². The Bertz CT molecular complexity index is 453. The molecule has 1 N–H and O–H groups in total. The van der Waals surface area contributed by atoms with Gasteiger partial charge in [-0.15, -0.1) is 0 Å². The van der Waals surface area contributed by atoms with Crippen LogP contribution in [-0.4, -0.2) is 17.2 Å². The molecule has 2 rings (SSSR count). The topological polar surface area (TPSA) is 34.0 Å². The van der Waals surface area contributed by atoms with Crippen LogP contribution >= 0.6 is 31.9 Å². The second-order valence-electron chi connectivity index (χ2n) is 4.79. The van der Waals surface area contributed by atoms with E-state index in [1.54, 1.807) is 10.6 Å². The van der Waals surface area contributed by atoms with Crippen molar-refractivity contribution < 1.29 is 0 Å². The van der Waals surface area contributed by atoms with Gasteiger partial charge in [-0.2, -0.15) is 0 Å². The molecular weight excluding hydrogens is 360 g/mol. The van der Waals surface area contributed by atoms with Crippen molar-refractivity contribution in [3.8, 4) is 0 Å². The molecule has 0 spiro atoms. The Morgan fingerprint density at radius 2 is 2.00 bits per heavy atom. The summed E-state index contributed by atoms with van der Waals surface area (Å²) in [6.45, 7) is 1.57. The fourth-order valence-corrected chi connectivity index (χ4v) is 3.68. The van der Waals surface area contributed by atoms with Crippen molar-refractivity contribution in [3.05, 3.63) is 31.6 Å². The maximum absolute atomic E-state index is 11.9. The number of hydrogen-bond donors (Lipinski definition) is 1. The van der Waals surface area contributed by atoms with E-state index in [-0.39, 0.29) is 5.56 Å². The maximum Gasteiger partial charge on any atom is 0.264 e. The summed E-state index contributed by atoms with van der Waals surface area (Å²) in [7, 11) is 0. The highest BCUT2D eigenvalue weighted by molar-refractivity contribution is 9.11. The first-order valence-electron chi connectivity index (χ1n) is 6.45. The number of rotatable bonds is 4. The molecule has 1 aliphatic carbocycles. The summed E-state index contributed by atoms with van der Waals surface area (Å²) in [5.74, 6) is 0. The van der Waals surface area contributed by atoms with Gasteiger partial charge in [0, 0.05) is 29.8 Å². The summed E-state index contributed by atoms with van der Waals surface area (Å²) in [5.41, 5.74) is 0.0312. The number of pyridine rings is 1. The lowest BCUT2D eigenvalue weighted by Gasteiger charge is -2.23. The Morgan fingerprint density at radius 3 is 2.72 bits per heavy atom. The average molecular weight is 378 g/mol. The molecule has 1 saturated carbocycles. The van der Waals surface area contributed by atoms with Crippen molar-refractivity contribution in [2.75, 3.05) is 6.54 Å². The number of hydrogen-bond acceptors (Lipinski definition) is 2. The summed E-state index contributed by atoms with van der Waals surface area (Å²) >= 11 is 6.69. The molecule has 3 nitrogen and oxygen atoms in total. The summed E-state index contributed by atoms with van der Waals surface area (Å²) < 4.78 is 3.27. The van der Waals surface area contributed by atoms with E-state index in [0.29, 0.717) is 17.1 Å². The molecule has 1 fully saturated rings. The molecule has 100 valence electrons. The Kier molecular flexibility index (Phi) is 5.45. The van der Waals surface area contributed by atoms with Gasteiger partial charge in [-0.25, -0.2) is 0 Å². The average Bonchev–Trinajstić information content (AvgIpc) is 2.36. The van der Waals surface area contributed by atoms with Gasteiger partial charge in [0.1, 0.15) is 0 Å². The van der Waals surface area contributed by atoms with E-state index >= 15 is 0 Å². The third-order valence-electron chi connectivity index (χ3n) is 3.40. The molecule has 5 heteroatoms. The second kappa shape index (κ2) is 6.87. The number of nitrogens with one attached hydrogen (secondary N) is 1. The van der Waals surface area contributed by atoms with Crippen molar-refractivity contribution in [2.24, 2.45) is 0 Å². The lowest BCUT2D eigenvalue weighted by atomic mass is 9.95. The zero-order chi connectivity index (χ0) is 13.0. The van der Waals surface area contributed by atoms with E-state index in [1.165, 1.54) is 32.1 Å². The second-order valence-corrected chi connectivity index (χ2v) is 6.56.